The van der Waals surface area contributed by atoms with E-state index in [1.54, 1.807) is 0 Å². The van der Waals surface area contributed by atoms with Gasteiger partial charge in [0.25, 0.3) is 0 Å². The molecule has 0 aromatic carbocycles. The smallest absolute Gasteiger partial charge is 0.148 e. The normalized spacial score (nSPS) is 26.2. The molecule has 1 aliphatic rings. The molecule has 3 nitrogen and oxygen atoms in total. The summed E-state index contributed by atoms with van der Waals surface area (Å²) in [5.41, 5.74) is 0. The molecule has 0 aliphatic carbocycles. The molecular weight excluding hydrogens is 186 g/mol. The zero-order valence-electron chi connectivity index (χ0n) is 8.20. The third-order valence-electron chi connectivity index (χ3n) is 2.38. The zero-order valence-corrected chi connectivity index (χ0v) is 9.02. The minimum Gasteiger partial charge on any atom is -0.302 e. The number of hydrogen-bond acceptors (Lipinski definition) is 3. The van der Waals surface area contributed by atoms with Crippen LogP contribution in [0.3, 0.4) is 0 Å². The van der Waals surface area contributed by atoms with Gasteiger partial charge in [0.05, 0.1) is 5.75 Å². The quantitative estimate of drug-likeness (QED) is 0.675. The molecule has 1 atom stereocenters. The SMILES string of the molecule is [CH2]C1CCCN(CCS(C)(=O)=O)C1. The molecule has 0 bridgehead atoms. The van der Waals surface area contributed by atoms with Crippen LogP contribution in [-0.4, -0.2) is 45.0 Å². The second-order valence-electron chi connectivity index (χ2n) is 3.94. The van der Waals surface area contributed by atoms with Crippen LogP contribution in [0.5, 0.6) is 0 Å². The number of piperidine rings is 1. The van der Waals surface area contributed by atoms with E-state index in [4.69, 9.17) is 0 Å². The highest BCUT2D eigenvalue weighted by atomic mass is 32.2. The second kappa shape index (κ2) is 4.42. The van der Waals surface area contributed by atoms with Crippen LogP contribution < -0.4 is 0 Å². The van der Waals surface area contributed by atoms with Crippen molar-refractivity contribution in [3.63, 3.8) is 0 Å². The van der Waals surface area contributed by atoms with E-state index in [1.807, 2.05) is 0 Å². The molecule has 0 saturated carbocycles. The molecule has 0 aromatic heterocycles. The number of hydrogen-bond donors (Lipinski definition) is 0. The molecule has 1 saturated heterocycles. The van der Waals surface area contributed by atoms with Gasteiger partial charge in [-0.1, -0.05) is 0 Å². The molecule has 1 fully saturated rings. The van der Waals surface area contributed by atoms with Crippen molar-refractivity contribution in [3.05, 3.63) is 6.92 Å². The third kappa shape index (κ3) is 4.62. The van der Waals surface area contributed by atoms with Crippen LogP contribution in [-0.2, 0) is 9.84 Å². The van der Waals surface area contributed by atoms with E-state index >= 15 is 0 Å². The summed E-state index contributed by atoms with van der Waals surface area (Å²) in [5.74, 6) is 0.757. The van der Waals surface area contributed by atoms with Gasteiger partial charge in [0, 0.05) is 19.3 Å². The Labute approximate surface area is 81.0 Å². The van der Waals surface area contributed by atoms with Crippen molar-refractivity contribution in [2.24, 2.45) is 5.92 Å². The van der Waals surface area contributed by atoms with Crippen LogP contribution in [0.1, 0.15) is 12.8 Å². The van der Waals surface area contributed by atoms with Crippen molar-refractivity contribution >= 4 is 9.84 Å². The van der Waals surface area contributed by atoms with E-state index < -0.39 is 9.84 Å². The van der Waals surface area contributed by atoms with Crippen molar-refractivity contribution in [2.45, 2.75) is 12.8 Å². The average Bonchev–Trinajstić information content (AvgIpc) is 2.00. The highest BCUT2D eigenvalue weighted by molar-refractivity contribution is 7.90. The highest BCUT2D eigenvalue weighted by Gasteiger charge is 2.16. The fourth-order valence-corrected chi connectivity index (χ4v) is 2.24. The van der Waals surface area contributed by atoms with E-state index in [-0.39, 0.29) is 5.75 Å². The molecule has 1 heterocycles. The first-order valence-electron chi connectivity index (χ1n) is 4.70. The highest BCUT2D eigenvalue weighted by Crippen LogP contribution is 2.14. The second-order valence-corrected chi connectivity index (χ2v) is 6.20. The van der Waals surface area contributed by atoms with Gasteiger partial charge in [0.2, 0.25) is 0 Å². The molecule has 4 heteroatoms. The Hall–Kier alpha value is -0.0900. The summed E-state index contributed by atoms with van der Waals surface area (Å²) in [6, 6.07) is 0. The van der Waals surface area contributed by atoms with Gasteiger partial charge in [-0.2, -0.15) is 0 Å². The number of nitrogens with zero attached hydrogens (tertiary/aromatic N) is 1. The topological polar surface area (TPSA) is 37.4 Å². The molecule has 0 N–H and O–H groups in total. The monoisotopic (exact) mass is 204 g/mol. The predicted molar refractivity (Wildman–Crippen MR) is 54.2 cm³/mol. The first kappa shape index (κ1) is 11.0. The maximum Gasteiger partial charge on any atom is 0.148 e. The largest absolute Gasteiger partial charge is 0.302 e. The molecule has 0 spiro atoms. The lowest BCUT2D eigenvalue weighted by molar-refractivity contribution is 0.206. The fraction of sp³-hybridized carbons (Fsp3) is 0.889. The van der Waals surface area contributed by atoms with Crippen molar-refractivity contribution in [2.75, 3.05) is 31.6 Å². The van der Waals surface area contributed by atoms with Gasteiger partial charge in [0.1, 0.15) is 9.84 Å². The van der Waals surface area contributed by atoms with Crippen LogP contribution in [0.2, 0.25) is 0 Å². The summed E-state index contributed by atoms with van der Waals surface area (Å²) in [4.78, 5) is 2.20. The van der Waals surface area contributed by atoms with Gasteiger partial charge in [-0.25, -0.2) is 8.42 Å². The summed E-state index contributed by atoms with van der Waals surface area (Å²) in [5, 5.41) is 0. The summed E-state index contributed by atoms with van der Waals surface area (Å²) >= 11 is 0. The van der Waals surface area contributed by atoms with Gasteiger partial charge in [-0.3, -0.25) is 0 Å². The molecule has 0 aromatic rings. The van der Waals surface area contributed by atoms with Gasteiger partial charge in [0.15, 0.2) is 0 Å². The first-order chi connectivity index (χ1) is 5.97. The lowest BCUT2D eigenvalue weighted by Crippen LogP contribution is -2.37. The van der Waals surface area contributed by atoms with Gasteiger partial charge in [-0.15, -0.1) is 0 Å². The van der Waals surface area contributed by atoms with Crippen LogP contribution in [0.4, 0.5) is 0 Å². The third-order valence-corrected chi connectivity index (χ3v) is 3.31. The Bertz CT molecular complexity index is 248. The Morgan fingerprint density at radius 1 is 1.54 bits per heavy atom. The average molecular weight is 204 g/mol. The van der Waals surface area contributed by atoms with Gasteiger partial charge in [-0.05, 0) is 32.2 Å². The molecule has 0 amide bonds. The molecule has 77 valence electrons. The van der Waals surface area contributed by atoms with E-state index in [2.05, 4.69) is 11.8 Å². The lowest BCUT2D eigenvalue weighted by atomic mass is 10.0. The standard InChI is InChI=1S/C9H18NO2S/c1-9-4-3-5-10(8-9)6-7-13(2,11)12/h9H,1,3-8H2,2H3. The Morgan fingerprint density at radius 2 is 2.23 bits per heavy atom. The van der Waals surface area contributed by atoms with E-state index in [1.165, 1.54) is 12.7 Å². The van der Waals surface area contributed by atoms with E-state index in [0.717, 1.165) is 19.5 Å². The van der Waals surface area contributed by atoms with Crippen LogP contribution in [0.15, 0.2) is 0 Å². The predicted octanol–water partition coefficient (Wildman–Crippen LogP) is 0.577. The molecule has 1 unspecified atom stereocenters. The Balaban J connectivity index is 2.29. The Morgan fingerprint density at radius 3 is 2.77 bits per heavy atom. The molecular formula is C9H18NO2S. The van der Waals surface area contributed by atoms with E-state index in [9.17, 15) is 8.42 Å². The molecule has 1 rings (SSSR count). The first-order valence-corrected chi connectivity index (χ1v) is 6.76. The minimum atomic E-state index is -2.80. The van der Waals surface area contributed by atoms with Crippen molar-refractivity contribution in [1.29, 1.82) is 0 Å². The van der Waals surface area contributed by atoms with E-state index in [0.29, 0.717) is 12.5 Å². The number of rotatable bonds is 3. The van der Waals surface area contributed by atoms with Crippen LogP contribution >= 0.6 is 0 Å². The molecule has 13 heavy (non-hydrogen) atoms. The van der Waals surface area contributed by atoms with Gasteiger partial charge < -0.3 is 4.90 Å². The number of likely N-dealkylation sites (tertiary alicyclic amines) is 1. The van der Waals surface area contributed by atoms with Crippen molar-refractivity contribution in [3.8, 4) is 0 Å². The summed E-state index contributed by atoms with van der Waals surface area (Å²) in [6.07, 6.45) is 3.62. The fourth-order valence-electron chi connectivity index (χ4n) is 1.65. The van der Waals surface area contributed by atoms with Crippen molar-refractivity contribution < 1.29 is 8.42 Å². The van der Waals surface area contributed by atoms with Crippen LogP contribution in [0, 0.1) is 12.8 Å². The van der Waals surface area contributed by atoms with Crippen LogP contribution in [0.25, 0.3) is 0 Å². The maximum absolute atomic E-state index is 10.9. The number of sulfone groups is 1. The summed E-state index contributed by atoms with van der Waals surface area (Å²) < 4.78 is 21.8. The maximum atomic E-state index is 10.9. The Kier molecular flexibility index (Phi) is 3.74. The zero-order chi connectivity index (χ0) is 9.90. The van der Waals surface area contributed by atoms with Gasteiger partial charge >= 0.3 is 0 Å². The summed E-state index contributed by atoms with van der Waals surface area (Å²) in [6.45, 7) is 6.66. The minimum absolute atomic E-state index is 0.277. The lowest BCUT2D eigenvalue weighted by Gasteiger charge is -2.30. The molecule has 1 aliphatic heterocycles. The van der Waals surface area contributed by atoms with Crippen molar-refractivity contribution in [1.82, 2.24) is 4.90 Å². The summed E-state index contributed by atoms with van der Waals surface area (Å²) in [7, 11) is -2.80. The molecule has 1 radical (unpaired) electrons.